The molecule has 0 fully saturated rings. The molecule has 0 aliphatic heterocycles. The standard InChI is InChI=1S/C12H21N3O5S/c1-7(16)14-8(5-6-21-2)11(18)15-9(12(19)20)3-4-10(13)17/h8-9H,3-6H2,1-2H3,(H2,13,17)(H,14,16)(H,15,18)(H,19,20)/t8-,9-/m0/s1. The Morgan fingerprint density at radius 1 is 1.14 bits per heavy atom. The van der Waals surface area contributed by atoms with Crippen LogP contribution in [0.4, 0.5) is 0 Å². The van der Waals surface area contributed by atoms with Crippen molar-refractivity contribution in [1.82, 2.24) is 10.6 Å². The summed E-state index contributed by atoms with van der Waals surface area (Å²) in [5.74, 6) is -2.22. The Bertz CT molecular complexity index is 402. The van der Waals surface area contributed by atoms with Crippen LogP contribution in [0.5, 0.6) is 0 Å². The van der Waals surface area contributed by atoms with Crippen molar-refractivity contribution in [3.05, 3.63) is 0 Å². The Labute approximate surface area is 127 Å². The summed E-state index contributed by atoms with van der Waals surface area (Å²) in [7, 11) is 0. The van der Waals surface area contributed by atoms with Gasteiger partial charge in [0.2, 0.25) is 17.7 Å². The lowest BCUT2D eigenvalue weighted by molar-refractivity contribution is -0.142. The molecule has 21 heavy (non-hydrogen) atoms. The molecule has 0 aromatic heterocycles. The average Bonchev–Trinajstić information content (AvgIpc) is 2.37. The Balaban J connectivity index is 4.68. The molecule has 8 nitrogen and oxygen atoms in total. The minimum atomic E-state index is -1.25. The molecule has 120 valence electrons. The molecular weight excluding hydrogens is 298 g/mol. The summed E-state index contributed by atoms with van der Waals surface area (Å²) < 4.78 is 0. The highest BCUT2D eigenvalue weighted by molar-refractivity contribution is 7.98. The smallest absolute Gasteiger partial charge is 0.326 e. The molecule has 0 aromatic carbocycles. The van der Waals surface area contributed by atoms with E-state index in [-0.39, 0.29) is 18.7 Å². The molecule has 0 saturated carbocycles. The van der Waals surface area contributed by atoms with E-state index >= 15 is 0 Å². The number of thioether (sulfide) groups is 1. The van der Waals surface area contributed by atoms with Gasteiger partial charge in [-0.3, -0.25) is 14.4 Å². The van der Waals surface area contributed by atoms with Crippen LogP contribution in [0.25, 0.3) is 0 Å². The number of primary amides is 1. The van der Waals surface area contributed by atoms with Crippen LogP contribution in [0.3, 0.4) is 0 Å². The maximum atomic E-state index is 12.0. The van der Waals surface area contributed by atoms with Crippen molar-refractivity contribution < 1.29 is 24.3 Å². The van der Waals surface area contributed by atoms with Gasteiger partial charge in [-0.05, 0) is 24.9 Å². The number of amides is 3. The van der Waals surface area contributed by atoms with E-state index in [1.165, 1.54) is 18.7 Å². The van der Waals surface area contributed by atoms with Gasteiger partial charge in [0.25, 0.3) is 0 Å². The molecule has 0 radical (unpaired) electrons. The van der Waals surface area contributed by atoms with Crippen LogP contribution in [-0.4, -0.2) is 52.9 Å². The first-order chi connectivity index (χ1) is 9.77. The minimum Gasteiger partial charge on any atom is -0.480 e. The highest BCUT2D eigenvalue weighted by Gasteiger charge is 2.25. The van der Waals surface area contributed by atoms with Gasteiger partial charge in [-0.25, -0.2) is 4.79 Å². The summed E-state index contributed by atoms with van der Waals surface area (Å²) >= 11 is 1.51. The van der Waals surface area contributed by atoms with Gasteiger partial charge in [-0.2, -0.15) is 11.8 Å². The number of aliphatic carboxylic acids is 1. The second-order valence-corrected chi connectivity index (χ2v) is 5.42. The first kappa shape index (κ1) is 19.2. The van der Waals surface area contributed by atoms with Gasteiger partial charge < -0.3 is 21.5 Å². The molecule has 0 aliphatic carbocycles. The largest absolute Gasteiger partial charge is 0.480 e. The van der Waals surface area contributed by atoms with Crippen LogP contribution in [0.2, 0.25) is 0 Å². The van der Waals surface area contributed by atoms with E-state index in [0.717, 1.165) is 0 Å². The van der Waals surface area contributed by atoms with E-state index in [1.807, 2.05) is 6.26 Å². The van der Waals surface area contributed by atoms with Gasteiger partial charge in [-0.1, -0.05) is 0 Å². The number of carboxylic acid groups (broad SMARTS) is 1. The molecule has 9 heteroatoms. The van der Waals surface area contributed by atoms with Crippen LogP contribution >= 0.6 is 11.8 Å². The first-order valence-electron chi connectivity index (χ1n) is 6.35. The fourth-order valence-corrected chi connectivity index (χ4v) is 2.04. The molecule has 2 atom stereocenters. The fourth-order valence-electron chi connectivity index (χ4n) is 1.57. The lowest BCUT2D eigenvalue weighted by Crippen LogP contribution is -2.51. The fraction of sp³-hybridized carbons (Fsp3) is 0.667. The van der Waals surface area contributed by atoms with Crippen LogP contribution < -0.4 is 16.4 Å². The third kappa shape index (κ3) is 8.90. The Morgan fingerprint density at radius 2 is 1.76 bits per heavy atom. The van der Waals surface area contributed by atoms with Gasteiger partial charge in [0, 0.05) is 13.3 Å². The molecule has 0 spiro atoms. The van der Waals surface area contributed by atoms with Crippen LogP contribution in [-0.2, 0) is 19.2 Å². The molecule has 0 bridgehead atoms. The number of rotatable bonds is 10. The first-order valence-corrected chi connectivity index (χ1v) is 7.74. The Morgan fingerprint density at radius 3 is 2.19 bits per heavy atom. The monoisotopic (exact) mass is 319 g/mol. The average molecular weight is 319 g/mol. The summed E-state index contributed by atoms with van der Waals surface area (Å²) in [6, 6.07) is -2.01. The molecule has 3 amide bonds. The van der Waals surface area contributed by atoms with E-state index in [0.29, 0.717) is 12.2 Å². The number of carbonyl (C=O) groups is 4. The molecule has 0 unspecified atom stereocenters. The summed E-state index contributed by atoms with van der Waals surface area (Å²) in [6.07, 6.45) is 2.00. The highest BCUT2D eigenvalue weighted by Crippen LogP contribution is 2.04. The number of hydrogen-bond donors (Lipinski definition) is 4. The van der Waals surface area contributed by atoms with Crippen LogP contribution in [0.15, 0.2) is 0 Å². The number of carboxylic acids is 1. The summed E-state index contributed by atoms with van der Waals surface area (Å²) in [6.45, 7) is 1.28. The quantitative estimate of drug-likeness (QED) is 0.411. The molecule has 0 saturated heterocycles. The number of hydrogen-bond acceptors (Lipinski definition) is 5. The zero-order valence-electron chi connectivity index (χ0n) is 12.0. The maximum Gasteiger partial charge on any atom is 0.326 e. The molecular formula is C12H21N3O5S. The van der Waals surface area contributed by atoms with E-state index < -0.39 is 29.9 Å². The van der Waals surface area contributed by atoms with Crippen molar-refractivity contribution in [2.24, 2.45) is 5.73 Å². The minimum absolute atomic E-state index is 0.0915. The van der Waals surface area contributed by atoms with Crippen molar-refractivity contribution in [1.29, 1.82) is 0 Å². The van der Waals surface area contributed by atoms with Gasteiger partial charge in [0.05, 0.1) is 0 Å². The lowest BCUT2D eigenvalue weighted by Gasteiger charge is -2.20. The molecule has 5 N–H and O–H groups in total. The molecule has 0 aromatic rings. The molecule has 0 aliphatic rings. The van der Waals surface area contributed by atoms with Crippen molar-refractivity contribution >= 4 is 35.5 Å². The predicted molar refractivity (Wildman–Crippen MR) is 78.6 cm³/mol. The van der Waals surface area contributed by atoms with E-state index in [4.69, 9.17) is 10.8 Å². The third-order valence-electron chi connectivity index (χ3n) is 2.60. The molecule has 0 heterocycles. The normalized spacial score (nSPS) is 13.0. The van der Waals surface area contributed by atoms with Crippen molar-refractivity contribution in [3.63, 3.8) is 0 Å². The third-order valence-corrected chi connectivity index (χ3v) is 3.24. The van der Waals surface area contributed by atoms with E-state index in [1.54, 1.807) is 0 Å². The predicted octanol–water partition coefficient (Wildman–Crippen LogP) is -0.921. The topological polar surface area (TPSA) is 139 Å². The summed E-state index contributed by atoms with van der Waals surface area (Å²) in [5.41, 5.74) is 4.96. The maximum absolute atomic E-state index is 12.0. The second kappa shape index (κ2) is 10.0. The Kier molecular flexibility index (Phi) is 9.18. The van der Waals surface area contributed by atoms with Crippen molar-refractivity contribution in [3.8, 4) is 0 Å². The summed E-state index contributed by atoms with van der Waals surface area (Å²) in [5, 5.41) is 13.8. The number of nitrogens with one attached hydrogen (secondary N) is 2. The Hall–Kier alpha value is -1.77. The van der Waals surface area contributed by atoms with Gasteiger partial charge in [0.15, 0.2) is 0 Å². The zero-order valence-corrected chi connectivity index (χ0v) is 12.9. The van der Waals surface area contributed by atoms with E-state index in [2.05, 4.69) is 10.6 Å². The van der Waals surface area contributed by atoms with Crippen LogP contribution in [0.1, 0.15) is 26.2 Å². The van der Waals surface area contributed by atoms with Gasteiger partial charge >= 0.3 is 5.97 Å². The van der Waals surface area contributed by atoms with Crippen LogP contribution in [0, 0.1) is 0 Å². The molecule has 0 rings (SSSR count). The highest BCUT2D eigenvalue weighted by atomic mass is 32.2. The zero-order chi connectivity index (χ0) is 16.4. The number of carbonyl (C=O) groups excluding carboxylic acids is 3. The number of nitrogens with two attached hydrogens (primary N) is 1. The second-order valence-electron chi connectivity index (χ2n) is 4.44. The lowest BCUT2D eigenvalue weighted by atomic mass is 10.1. The summed E-state index contributed by atoms with van der Waals surface area (Å²) in [4.78, 5) is 44.8. The SMILES string of the molecule is CSCC[C@H](NC(C)=O)C(=O)N[C@@H](CCC(N)=O)C(=O)O. The van der Waals surface area contributed by atoms with Crippen molar-refractivity contribution in [2.75, 3.05) is 12.0 Å². The van der Waals surface area contributed by atoms with Crippen molar-refractivity contribution in [2.45, 2.75) is 38.3 Å². The van der Waals surface area contributed by atoms with Gasteiger partial charge in [-0.15, -0.1) is 0 Å². The van der Waals surface area contributed by atoms with Gasteiger partial charge in [0.1, 0.15) is 12.1 Å². The van der Waals surface area contributed by atoms with E-state index in [9.17, 15) is 19.2 Å².